The molecule has 1 atom stereocenters. The van der Waals surface area contributed by atoms with E-state index in [1.807, 2.05) is 0 Å². The smallest absolute Gasteiger partial charge is 0.147 e. The molecule has 20 heavy (non-hydrogen) atoms. The van der Waals surface area contributed by atoms with Gasteiger partial charge in [-0.15, -0.1) is 24.8 Å². The van der Waals surface area contributed by atoms with Crippen LogP contribution in [0.4, 0.5) is 0 Å². The van der Waals surface area contributed by atoms with Crippen LogP contribution in [0.5, 0.6) is 0 Å². The van der Waals surface area contributed by atoms with Crippen LogP contribution in [0.3, 0.4) is 0 Å². The summed E-state index contributed by atoms with van der Waals surface area (Å²) in [6, 6.07) is 13.5. The van der Waals surface area contributed by atoms with Gasteiger partial charge in [0.1, 0.15) is 0 Å². The quantitative estimate of drug-likeness (QED) is 0.606. The molecule has 0 spiro atoms. The fourth-order valence-corrected chi connectivity index (χ4v) is 14.3. The molecule has 1 unspecified atom stereocenters. The minimum Gasteiger partial charge on any atom is -0.147 e. The van der Waals surface area contributed by atoms with Gasteiger partial charge in [-0.3, -0.25) is 0 Å². The van der Waals surface area contributed by atoms with Gasteiger partial charge in [-0.1, -0.05) is 0 Å². The number of hydrogen-bond acceptors (Lipinski definition) is 0. The van der Waals surface area contributed by atoms with Crippen LogP contribution >= 0.6 is 24.8 Å². The summed E-state index contributed by atoms with van der Waals surface area (Å²) in [6.45, 7) is 2.34. The van der Waals surface area contributed by atoms with Crippen molar-refractivity contribution in [2.75, 3.05) is 0 Å². The van der Waals surface area contributed by atoms with Crippen molar-refractivity contribution in [1.82, 2.24) is 0 Å². The predicted octanol–water partition coefficient (Wildman–Crippen LogP) is 4.67. The van der Waals surface area contributed by atoms with Gasteiger partial charge in [0.25, 0.3) is 0 Å². The zero-order chi connectivity index (χ0) is 12.9. The second kappa shape index (κ2) is 6.48. The third-order valence-corrected chi connectivity index (χ3v) is 13.5. The molecule has 0 nitrogen and oxygen atoms in total. The van der Waals surface area contributed by atoms with Crippen molar-refractivity contribution in [2.24, 2.45) is 0 Å². The molecular formula is C16H22Cl2SiZr. The Labute approximate surface area is 140 Å². The Balaban J connectivity index is 0.000001000. The maximum absolute atomic E-state index is 2.61. The SMILES string of the molecule is CC1=Cc2ccc3ccccc3c2[CH]1[Zr]([CH3])([CH3])[SiH3].Cl.Cl. The summed E-state index contributed by atoms with van der Waals surface area (Å²) in [6.07, 6.45) is 2.43. The van der Waals surface area contributed by atoms with E-state index in [9.17, 15) is 0 Å². The van der Waals surface area contributed by atoms with E-state index in [2.05, 4.69) is 58.7 Å². The molecule has 0 aromatic heterocycles. The number of halogens is 2. The molecule has 1 aliphatic rings. The molecule has 108 valence electrons. The summed E-state index contributed by atoms with van der Waals surface area (Å²) in [5.74, 6) is 0. The molecule has 3 rings (SSSR count). The molecule has 4 heteroatoms. The Morgan fingerprint density at radius 1 is 1.00 bits per heavy atom. The molecular weight excluding hydrogens is 382 g/mol. The normalized spacial score (nSPS) is 17.1. The van der Waals surface area contributed by atoms with Crippen LogP contribution in [0.15, 0.2) is 42.0 Å². The van der Waals surface area contributed by atoms with E-state index in [1.54, 1.807) is 11.1 Å². The van der Waals surface area contributed by atoms with E-state index >= 15 is 0 Å². The molecule has 0 heterocycles. The molecule has 1 aliphatic carbocycles. The van der Waals surface area contributed by atoms with Crippen LogP contribution in [0.1, 0.15) is 21.7 Å². The third kappa shape index (κ3) is 2.99. The zero-order valence-corrected chi connectivity index (χ0v) is 18.5. The Morgan fingerprint density at radius 2 is 1.65 bits per heavy atom. The molecule has 0 saturated carbocycles. The summed E-state index contributed by atoms with van der Waals surface area (Å²) >= 11 is -1.85. The molecule has 0 aliphatic heterocycles. The van der Waals surface area contributed by atoms with Gasteiger partial charge in [-0.25, -0.2) is 0 Å². The Hall–Kier alpha value is 0.120. The van der Waals surface area contributed by atoms with Crippen molar-refractivity contribution in [2.45, 2.75) is 19.8 Å². The number of hydrogen-bond donors (Lipinski definition) is 0. The molecule has 0 bridgehead atoms. The van der Waals surface area contributed by atoms with Crippen LogP contribution in [-0.2, 0) is 19.4 Å². The molecule has 2 aromatic rings. The first-order valence-electron chi connectivity index (χ1n) is 6.68. The van der Waals surface area contributed by atoms with E-state index in [4.69, 9.17) is 0 Å². The van der Waals surface area contributed by atoms with Gasteiger partial charge in [0.05, 0.1) is 0 Å². The first-order chi connectivity index (χ1) is 8.48. The van der Waals surface area contributed by atoms with Gasteiger partial charge < -0.3 is 0 Å². The fraction of sp³-hybridized carbons (Fsp3) is 0.250. The van der Waals surface area contributed by atoms with Crippen LogP contribution in [0.25, 0.3) is 16.8 Å². The van der Waals surface area contributed by atoms with E-state index in [0.717, 1.165) is 3.63 Å². The number of rotatable bonds is 1. The largest absolute Gasteiger partial charge is 0.147 e. The van der Waals surface area contributed by atoms with E-state index in [-0.39, 0.29) is 24.8 Å². The predicted molar refractivity (Wildman–Crippen MR) is 96.5 cm³/mol. The van der Waals surface area contributed by atoms with Crippen LogP contribution in [0, 0.1) is 0 Å². The Kier molecular flexibility index (Phi) is 5.89. The summed E-state index contributed by atoms with van der Waals surface area (Å²) in [7, 11) is 1.42. The molecule has 0 N–H and O–H groups in total. The van der Waals surface area contributed by atoms with Gasteiger partial charge >= 0.3 is 117 Å². The molecule has 0 amide bonds. The van der Waals surface area contributed by atoms with Gasteiger partial charge in [-0.05, 0) is 0 Å². The van der Waals surface area contributed by atoms with Crippen molar-refractivity contribution in [1.29, 1.82) is 0 Å². The maximum atomic E-state index is 2.61. The minimum atomic E-state index is -1.85. The van der Waals surface area contributed by atoms with Crippen molar-refractivity contribution in [3.63, 3.8) is 0 Å². The number of benzene rings is 2. The molecule has 0 radical (unpaired) electrons. The maximum Gasteiger partial charge on any atom is -0.147 e. The van der Waals surface area contributed by atoms with Crippen molar-refractivity contribution >= 4 is 49.0 Å². The van der Waals surface area contributed by atoms with Gasteiger partial charge in [0, 0.05) is 0 Å². The first-order valence-corrected chi connectivity index (χ1v) is 21.4. The van der Waals surface area contributed by atoms with E-state index < -0.39 is 19.4 Å². The summed E-state index contributed by atoms with van der Waals surface area (Å²) in [4.78, 5) is 0. The van der Waals surface area contributed by atoms with Crippen molar-refractivity contribution in [3.05, 3.63) is 53.1 Å². The van der Waals surface area contributed by atoms with Gasteiger partial charge in [0.15, 0.2) is 0 Å². The van der Waals surface area contributed by atoms with E-state index in [0.29, 0.717) is 0 Å². The van der Waals surface area contributed by atoms with Crippen LogP contribution in [-0.4, -0.2) is 7.37 Å². The summed E-state index contributed by atoms with van der Waals surface area (Å²) < 4.78 is 6.03. The van der Waals surface area contributed by atoms with Gasteiger partial charge in [-0.2, -0.15) is 0 Å². The summed E-state index contributed by atoms with van der Waals surface area (Å²) in [5.41, 5.74) is 4.76. The molecule has 2 aromatic carbocycles. The van der Waals surface area contributed by atoms with Crippen LogP contribution in [0.2, 0.25) is 9.26 Å². The minimum absolute atomic E-state index is 0. The first kappa shape index (κ1) is 18.2. The molecule has 0 saturated heterocycles. The zero-order valence-electron chi connectivity index (χ0n) is 12.4. The number of fused-ring (bicyclic) bond motifs is 3. The second-order valence-electron chi connectivity index (χ2n) is 6.48. The average molecular weight is 405 g/mol. The second-order valence-corrected chi connectivity index (χ2v) is 34.8. The van der Waals surface area contributed by atoms with E-state index in [1.165, 1.54) is 23.7 Å². The summed E-state index contributed by atoms with van der Waals surface area (Å²) in [5, 5.41) is 2.90. The van der Waals surface area contributed by atoms with Crippen molar-refractivity contribution < 1.29 is 19.4 Å². The third-order valence-electron chi connectivity index (χ3n) is 4.00. The fourth-order valence-electron chi connectivity index (χ4n) is 3.43. The monoisotopic (exact) mass is 402 g/mol. The number of allylic oxidation sites excluding steroid dienone is 1. The standard InChI is InChI=1S/C14H11.2CH3.2ClH.H3Si.Zr/c1-10-8-12-7-6-11-4-2-3-5-13(11)14(12)9-10;;;;;;/h2-9H,1H3;2*1H3;2*1H;1H3;. The average Bonchev–Trinajstić information content (AvgIpc) is 2.65. The Bertz CT molecular complexity index is 659. The Morgan fingerprint density at radius 3 is 2.30 bits per heavy atom. The topological polar surface area (TPSA) is 0 Å². The van der Waals surface area contributed by atoms with Gasteiger partial charge in [0.2, 0.25) is 0 Å². The van der Waals surface area contributed by atoms with Crippen LogP contribution < -0.4 is 0 Å². The van der Waals surface area contributed by atoms with Crippen molar-refractivity contribution in [3.8, 4) is 0 Å². The molecule has 0 fully saturated rings.